The third-order valence-electron chi connectivity index (χ3n) is 5.04. The summed E-state index contributed by atoms with van der Waals surface area (Å²) in [6.07, 6.45) is 0. The van der Waals surface area contributed by atoms with Crippen molar-refractivity contribution in [3.63, 3.8) is 0 Å². The zero-order chi connectivity index (χ0) is 21.0. The molecule has 0 N–H and O–H groups in total. The van der Waals surface area contributed by atoms with Crippen LogP contribution in [0.5, 0.6) is 0 Å². The summed E-state index contributed by atoms with van der Waals surface area (Å²) in [7, 11) is 1.64. The lowest BCUT2D eigenvalue weighted by Gasteiger charge is -2.07. The average Bonchev–Trinajstić information content (AvgIpc) is 3.37. The van der Waals surface area contributed by atoms with E-state index in [1.165, 1.54) is 15.9 Å². The minimum atomic E-state index is -0.500. The van der Waals surface area contributed by atoms with Gasteiger partial charge >= 0.3 is 5.97 Å². The lowest BCUT2D eigenvalue weighted by Crippen LogP contribution is -2.19. The Kier molecular flexibility index (Phi) is 4.10. The molecule has 0 unspecified atom stereocenters. The molecule has 9 nitrogen and oxygen atoms in total. The van der Waals surface area contributed by atoms with E-state index < -0.39 is 5.97 Å². The van der Waals surface area contributed by atoms with Crippen molar-refractivity contribution in [1.82, 2.24) is 29.1 Å². The van der Waals surface area contributed by atoms with E-state index >= 15 is 0 Å². The van der Waals surface area contributed by atoms with Crippen LogP contribution in [0.2, 0.25) is 0 Å². The largest absolute Gasteiger partial charge is 0.454 e. The van der Waals surface area contributed by atoms with Gasteiger partial charge in [0.05, 0.1) is 33.5 Å². The highest BCUT2D eigenvalue weighted by atomic mass is 32.1. The summed E-state index contributed by atoms with van der Waals surface area (Å²) < 4.78 is 9.25. The van der Waals surface area contributed by atoms with E-state index in [1.807, 2.05) is 25.3 Å². The predicted octanol–water partition coefficient (Wildman–Crippen LogP) is 2.56. The van der Waals surface area contributed by atoms with Crippen molar-refractivity contribution in [2.45, 2.75) is 20.5 Å². The second-order valence-corrected chi connectivity index (χ2v) is 7.84. The molecule has 30 heavy (non-hydrogen) atoms. The number of ether oxygens (including phenoxy) is 1. The molecule has 0 spiro atoms. The summed E-state index contributed by atoms with van der Waals surface area (Å²) in [6.45, 7) is 3.69. The van der Waals surface area contributed by atoms with Gasteiger partial charge in [-0.05, 0) is 43.5 Å². The van der Waals surface area contributed by atoms with E-state index in [9.17, 15) is 9.59 Å². The SMILES string of the molecule is Cc1nc2ccc(C(=O)OCc3nnc4n(C)c(=O)c5sccc5n34)cc2nc1C. The molecule has 0 bridgehead atoms. The van der Waals surface area contributed by atoms with Crippen molar-refractivity contribution in [3.8, 4) is 0 Å². The van der Waals surface area contributed by atoms with Crippen LogP contribution in [-0.4, -0.2) is 35.1 Å². The number of esters is 1. The van der Waals surface area contributed by atoms with E-state index in [-0.39, 0.29) is 12.2 Å². The monoisotopic (exact) mass is 420 g/mol. The Hall–Kier alpha value is -3.66. The number of carbonyl (C=O) groups is 1. The van der Waals surface area contributed by atoms with Gasteiger partial charge < -0.3 is 4.74 Å². The fourth-order valence-electron chi connectivity index (χ4n) is 3.32. The fourth-order valence-corrected chi connectivity index (χ4v) is 4.17. The van der Waals surface area contributed by atoms with Crippen LogP contribution in [0.15, 0.2) is 34.4 Å². The maximum absolute atomic E-state index is 12.6. The lowest BCUT2D eigenvalue weighted by atomic mass is 10.2. The van der Waals surface area contributed by atoms with Gasteiger partial charge in [-0.1, -0.05) is 0 Å². The average molecular weight is 420 g/mol. The van der Waals surface area contributed by atoms with Crippen LogP contribution < -0.4 is 5.56 Å². The quantitative estimate of drug-likeness (QED) is 0.413. The lowest BCUT2D eigenvalue weighted by molar-refractivity contribution is 0.0461. The number of aryl methyl sites for hydroxylation is 3. The number of benzene rings is 1. The highest BCUT2D eigenvalue weighted by Crippen LogP contribution is 2.20. The first-order valence-corrected chi connectivity index (χ1v) is 10.0. The number of rotatable bonds is 3. The zero-order valence-corrected chi connectivity index (χ0v) is 17.2. The normalized spacial score (nSPS) is 11.6. The molecule has 150 valence electrons. The third kappa shape index (κ3) is 2.76. The maximum Gasteiger partial charge on any atom is 0.338 e. The van der Waals surface area contributed by atoms with Gasteiger partial charge in [0.1, 0.15) is 4.70 Å². The maximum atomic E-state index is 12.6. The predicted molar refractivity (Wildman–Crippen MR) is 112 cm³/mol. The van der Waals surface area contributed by atoms with Crippen molar-refractivity contribution < 1.29 is 9.53 Å². The van der Waals surface area contributed by atoms with Crippen LogP contribution >= 0.6 is 11.3 Å². The summed E-state index contributed by atoms with van der Waals surface area (Å²) in [4.78, 5) is 34.0. The molecule has 10 heteroatoms. The highest BCUT2D eigenvalue weighted by molar-refractivity contribution is 7.17. The molecular weight excluding hydrogens is 404 g/mol. The molecule has 4 aromatic heterocycles. The number of thiophene rings is 1. The zero-order valence-electron chi connectivity index (χ0n) is 16.4. The number of aromatic nitrogens is 6. The molecule has 4 heterocycles. The van der Waals surface area contributed by atoms with Gasteiger partial charge in [0.15, 0.2) is 12.4 Å². The van der Waals surface area contributed by atoms with E-state index in [0.29, 0.717) is 32.9 Å². The van der Waals surface area contributed by atoms with E-state index in [0.717, 1.165) is 16.9 Å². The van der Waals surface area contributed by atoms with Crippen LogP contribution in [0.25, 0.3) is 27.0 Å². The Labute approximate surface area is 173 Å². The van der Waals surface area contributed by atoms with Gasteiger partial charge in [0.2, 0.25) is 5.78 Å². The Morgan fingerprint density at radius 3 is 2.67 bits per heavy atom. The van der Waals surface area contributed by atoms with Gasteiger partial charge in [-0.2, -0.15) is 0 Å². The van der Waals surface area contributed by atoms with Crippen molar-refractivity contribution in [2.24, 2.45) is 7.05 Å². The Morgan fingerprint density at radius 2 is 1.87 bits per heavy atom. The summed E-state index contributed by atoms with van der Waals surface area (Å²) in [5.74, 6) is 0.327. The first-order chi connectivity index (χ1) is 14.4. The molecule has 0 radical (unpaired) electrons. The summed E-state index contributed by atoms with van der Waals surface area (Å²) >= 11 is 1.35. The van der Waals surface area contributed by atoms with Crippen molar-refractivity contribution in [1.29, 1.82) is 0 Å². The topological polar surface area (TPSA) is 104 Å². The van der Waals surface area contributed by atoms with E-state index in [1.54, 1.807) is 29.6 Å². The van der Waals surface area contributed by atoms with Crippen molar-refractivity contribution >= 4 is 44.3 Å². The van der Waals surface area contributed by atoms with Gasteiger partial charge in [0.25, 0.3) is 5.56 Å². The first-order valence-electron chi connectivity index (χ1n) is 9.16. The number of hydrogen-bond donors (Lipinski definition) is 0. The van der Waals surface area contributed by atoms with Crippen LogP contribution in [0.4, 0.5) is 0 Å². The second kappa shape index (κ2) is 6.70. The second-order valence-electron chi connectivity index (χ2n) is 6.92. The van der Waals surface area contributed by atoms with E-state index in [4.69, 9.17) is 4.74 Å². The standard InChI is InChI=1S/C20H16N6O3S/c1-10-11(2)22-14-8-12(4-5-13(14)21-10)19(28)29-9-16-23-24-20-25(3)18(27)17-15(26(16)20)6-7-30-17/h4-8H,9H2,1-3H3. The molecule has 0 fully saturated rings. The van der Waals surface area contributed by atoms with Crippen LogP contribution in [-0.2, 0) is 18.4 Å². The number of nitrogens with zero attached hydrogens (tertiary/aromatic N) is 6. The Bertz CT molecular complexity index is 1530. The molecule has 0 aliphatic carbocycles. The van der Waals surface area contributed by atoms with Gasteiger partial charge in [-0.3, -0.25) is 13.8 Å². The number of carbonyl (C=O) groups excluding carboxylic acids is 1. The van der Waals surface area contributed by atoms with Gasteiger partial charge in [0, 0.05) is 7.05 Å². The molecule has 0 amide bonds. The molecule has 0 atom stereocenters. The van der Waals surface area contributed by atoms with Crippen LogP contribution in [0.3, 0.4) is 0 Å². The molecule has 0 saturated heterocycles. The van der Waals surface area contributed by atoms with Crippen LogP contribution in [0, 0.1) is 13.8 Å². The Morgan fingerprint density at radius 1 is 1.10 bits per heavy atom. The van der Waals surface area contributed by atoms with E-state index in [2.05, 4.69) is 20.2 Å². The Balaban J connectivity index is 1.47. The minimum absolute atomic E-state index is 0.0835. The number of fused-ring (bicyclic) bond motifs is 4. The van der Waals surface area contributed by atoms with Crippen molar-refractivity contribution in [2.75, 3.05) is 0 Å². The van der Waals surface area contributed by atoms with Gasteiger partial charge in [-0.15, -0.1) is 21.5 Å². The molecular formula is C20H16N6O3S. The first kappa shape index (κ1) is 18.4. The summed E-state index contributed by atoms with van der Waals surface area (Å²) in [6, 6.07) is 6.91. The molecule has 0 aliphatic heterocycles. The molecule has 5 aromatic rings. The highest BCUT2D eigenvalue weighted by Gasteiger charge is 2.17. The third-order valence-corrected chi connectivity index (χ3v) is 5.93. The molecule has 0 saturated carbocycles. The van der Waals surface area contributed by atoms with Crippen LogP contribution in [0.1, 0.15) is 27.6 Å². The summed E-state index contributed by atoms with van der Waals surface area (Å²) in [5.41, 5.74) is 3.96. The minimum Gasteiger partial charge on any atom is -0.454 e. The molecule has 5 rings (SSSR count). The fraction of sp³-hybridized carbons (Fsp3) is 0.200. The molecule has 1 aromatic carbocycles. The molecule has 0 aliphatic rings. The van der Waals surface area contributed by atoms with Crippen molar-refractivity contribution in [3.05, 3.63) is 62.8 Å². The summed E-state index contributed by atoms with van der Waals surface area (Å²) in [5, 5.41) is 10.0. The van der Waals surface area contributed by atoms with Gasteiger partial charge in [-0.25, -0.2) is 14.8 Å². The smallest absolute Gasteiger partial charge is 0.338 e. The number of hydrogen-bond acceptors (Lipinski definition) is 8.